The Morgan fingerprint density at radius 2 is 2.09 bits per heavy atom. The first-order chi connectivity index (χ1) is 10.4. The molecule has 1 N–H and O–H groups in total. The van der Waals surface area contributed by atoms with E-state index < -0.39 is 16.5 Å². The van der Waals surface area contributed by atoms with E-state index in [4.69, 9.17) is 4.42 Å². The second-order valence-corrected chi connectivity index (χ2v) is 5.37. The van der Waals surface area contributed by atoms with Crippen molar-refractivity contribution in [3.05, 3.63) is 50.6 Å². The van der Waals surface area contributed by atoms with Crippen LogP contribution in [0, 0.1) is 16.0 Å². The van der Waals surface area contributed by atoms with Gasteiger partial charge < -0.3 is 9.73 Å². The van der Waals surface area contributed by atoms with E-state index in [9.17, 15) is 19.7 Å². The Kier molecular flexibility index (Phi) is 4.55. The molecule has 0 atom stereocenters. The van der Waals surface area contributed by atoms with Gasteiger partial charge in [0.25, 0.3) is 11.6 Å². The maximum absolute atomic E-state index is 12.0. The van der Waals surface area contributed by atoms with E-state index in [2.05, 4.69) is 5.32 Å². The average molecular weight is 304 g/mol. The number of carbonyl (C=O) groups excluding carboxylic acids is 1. The first-order valence-electron chi connectivity index (χ1n) is 6.89. The molecule has 0 spiro atoms. The number of nitro benzene ring substituents is 1. The van der Waals surface area contributed by atoms with Crippen molar-refractivity contribution < 1.29 is 14.1 Å². The van der Waals surface area contributed by atoms with Gasteiger partial charge in [0.1, 0.15) is 0 Å². The molecule has 0 unspecified atom stereocenters. The lowest BCUT2D eigenvalue weighted by molar-refractivity contribution is -0.384. The van der Waals surface area contributed by atoms with Crippen LogP contribution in [-0.4, -0.2) is 17.4 Å². The summed E-state index contributed by atoms with van der Waals surface area (Å²) in [5, 5.41) is 13.9. The van der Waals surface area contributed by atoms with Gasteiger partial charge in [0.2, 0.25) is 0 Å². The van der Waals surface area contributed by atoms with Crippen LogP contribution in [0.1, 0.15) is 30.8 Å². The Bertz CT molecular complexity index is 779. The van der Waals surface area contributed by atoms with Crippen LogP contribution in [0.4, 0.5) is 5.69 Å². The fourth-order valence-electron chi connectivity index (χ4n) is 1.97. The lowest BCUT2D eigenvalue weighted by atomic mass is 10.1. The maximum atomic E-state index is 12.0. The number of rotatable bonds is 5. The van der Waals surface area contributed by atoms with E-state index in [1.54, 1.807) is 0 Å². The van der Waals surface area contributed by atoms with Crippen LogP contribution >= 0.6 is 0 Å². The third kappa shape index (κ3) is 3.49. The van der Waals surface area contributed by atoms with E-state index in [0.717, 1.165) is 6.42 Å². The van der Waals surface area contributed by atoms with Gasteiger partial charge in [-0.05, 0) is 29.9 Å². The Hall–Kier alpha value is -2.70. The highest BCUT2D eigenvalue weighted by atomic mass is 16.6. The normalized spacial score (nSPS) is 10.9. The van der Waals surface area contributed by atoms with E-state index >= 15 is 0 Å². The maximum Gasteiger partial charge on any atom is 0.344 e. The van der Waals surface area contributed by atoms with Crippen molar-refractivity contribution in [3.8, 4) is 0 Å². The summed E-state index contributed by atoms with van der Waals surface area (Å²) in [6, 6.07) is 5.13. The summed E-state index contributed by atoms with van der Waals surface area (Å²) in [7, 11) is 0. The minimum Gasteiger partial charge on any atom is -0.417 e. The monoisotopic (exact) mass is 304 g/mol. The largest absolute Gasteiger partial charge is 0.417 e. The summed E-state index contributed by atoms with van der Waals surface area (Å²) in [6.45, 7) is 4.52. The Morgan fingerprint density at radius 3 is 2.73 bits per heavy atom. The van der Waals surface area contributed by atoms with E-state index in [1.165, 1.54) is 24.3 Å². The second kappa shape index (κ2) is 6.38. The van der Waals surface area contributed by atoms with Gasteiger partial charge in [0.15, 0.2) is 5.76 Å². The SMILES string of the molecule is CC(C)CCNC(=O)c1cc2cc([N+](=O)[O-])ccc2c(=O)o1. The van der Waals surface area contributed by atoms with Gasteiger partial charge in [-0.15, -0.1) is 0 Å². The third-order valence-electron chi connectivity index (χ3n) is 3.19. The minimum atomic E-state index is -0.693. The molecule has 0 aliphatic rings. The molecule has 1 aromatic heterocycles. The summed E-state index contributed by atoms with van der Waals surface area (Å²) >= 11 is 0. The van der Waals surface area contributed by atoms with Crippen molar-refractivity contribution in [1.29, 1.82) is 0 Å². The van der Waals surface area contributed by atoms with Gasteiger partial charge in [0, 0.05) is 18.7 Å². The molecule has 0 bridgehead atoms. The molecule has 22 heavy (non-hydrogen) atoms. The molecule has 0 fully saturated rings. The fraction of sp³-hybridized carbons (Fsp3) is 0.333. The number of nitro groups is 1. The second-order valence-electron chi connectivity index (χ2n) is 5.37. The van der Waals surface area contributed by atoms with Crippen molar-refractivity contribution in [2.24, 2.45) is 5.92 Å². The van der Waals surface area contributed by atoms with Gasteiger partial charge in [-0.1, -0.05) is 13.8 Å². The van der Waals surface area contributed by atoms with Crippen LogP contribution in [0.3, 0.4) is 0 Å². The highest BCUT2D eigenvalue weighted by Gasteiger charge is 2.14. The summed E-state index contributed by atoms with van der Waals surface area (Å²) in [5.41, 5.74) is -0.842. The topological polar surface area (TPSA) is 102 Å². The molecule has 1 heterocycles. The molecule has 7 nitrogen and oxygen atoms in total. The summed E-state index contributed by atoms with van der Waals surface area (Å²) in [4.78, 5) is 34.0. The van der Waals surface area contributed by atoms with E-state index in [-0.39, 0.29) is 16.8 Å². The van der Waals surface area contributed by atoms with Gasteiger partial charge in [-0.2, -0.15) is 0 Å². The zero-order chi connectivity index (χ0) is 16.3. The van der Waals surface area contributed by atoms with Crippen molar-refractivity contribution in [2.75, 3.05) is 6.54 Å². The molecule has 7 heteroatoms. The predicted molar refractivity (Wildman–Crippen MR) is 80.9 cm³/mol. The van der Waals surface area contributed by atoms with Crippen molar-refractivity contribution in [3.63, 3.8) is 0 Å². The number of amides is 1. The number of nitrogens with one attached hydrogen (secondary N) is 1. The van der Waals surface area contributed by atoms with Crippen LogP contribution in [0.2, 0.25) is 0 Å². The Labute approximate surface area is 126 Å². The first kappa shape index (κ1) is 15.7. The first-order valence-corrected chi connectivity index (χ1v) is 6.89. The number of fused-ring (bicyclic) bond motifs is 1. The molecule has 2 rings (SSSR count). The molecular weight excluding hydrogens is 288 g/mol. The standard InChI is InChI=1S/C15H16N2O5/c1-9(2)5-6-16-14(18)13-8-10-7-11(17(20)21)3-4-12(10)15(19)22-13/h3-4,7-9H,5-6H2,1-2H3,(H,16,18). The van der Waals surface area contributed by atoms with Gasteiger partial charge >= 0.3 is 5.63 Å². The van der Waals surface area contributed by atoms with E-state index in [1.807, 2.05) is 13.8 Å². The summed E-state index contributed by atoms with van der Waals surface area (Å²) < 4.78 is 4.97. The van der Waals surface area contributed by atoms with E-state index in [0.29, 0.717) is 17.8 Å². The minimum absolute atomic E-state index is 0.149. The van der Waals surface area contributed by atoms with Gasteiger partial charge in [0.05, 0.1) is 10.3 Å². The van der Waals surface area contributed by atoms with Gasteiger partial charge in [-0.25, -0.2) is 4.79 Å². The third-order valence-corrected chi connectivity index (χ3v) is 3.19. The lowest BCUT2D eigenvalue weighted by Gasteiger charge is -2.06. The molecule has 1 amide bonds. The van der Waals surface area contributed by atoms with Crippen LogP contribution in [0.5, 0.6) is 0 Å². The quantitative estimate of drug-likeness (QED) is 0.675. The summed E-state index contributed by atoms with van der Waals surface area (Å²) in [5.74, 6) is -0.223. The molecule has 2 aromatic rings. The molecular formula is C15H16N2O5. The van der Waals surface area contributed by atoms with Crippen molar-refractivity contribution >= 4 is 22.4 Å². The smallest absolute Gasteiger partial charge is 0.344 e. The number of hydrogen-bond donors (Lipinski definition) is 1. The zero-order valence-electron chi connectivity index (χ0n) is 12.3. The van der Waals surface area contributed by atoms with Crippen molar-refractivity contribution in [1.82, 2.24) is 5.32 Å². The number of non-ortho nitro benzene ring substituents is 1. The average Bonchev–Trinajstić information content (AvgIpc) is 2.45. The predicted octanol–water partition coefficient (Wildman–Crippen LogP) is 2.48. The van der Waals surface area contributed by atoms with Crippen LogP contribution in [0.15, 0.2) is 33.5 Å². The Balaban J connectivity index is 2.33. The molecule has 1 aromatic carbocycles. The number of carbonyl (C=O) groups is 1. The molecule has 116 valence electrons. The molecule has 0 saturated carbocycles. The molecule has 0 radical (unpaired) electrons. The van der Waals surface area contributed by atoms with Crippen LogP contribution in [0.25, 0.3) is 10.8 Å². The van der Waals surface area contributed by atoms with Crippen LogP contribution < -0.4 is 10.9 Å². The fourth-order valence-corrected chi connectivity index (χ4v) is 1.97. The number of benzene rings is 1. The molecule has 0 aliphatic heterocycles. The number of nitrogens with zero attached hydrogens (tertiary/aromatic N) is 1. The molecule has 0 saturated heterocycles. The highest BCUT2D eigenvalue weighted by Crippen LogP contribution is 2.19. The van der Waals surface area contributed by atoms with Gasteiger partial charge in [-0.3, -0.25) is 14.9 Å². The zero-order valence-corrected chi connectivity index (χ0v) is 12.3. The number of hydrogen-bond acceptors (Lipinski definition) is 5. The Morgan fingerprint density at radius 1 is 1.36 bits per heavy atom. The van der Waals surface area contributed by atoms with Crippen LogP contribution in [-0.2, 0) is 0 Å². The summed E-state index contributed by atoms with van der Waals surface area (Å²) in [6.07, 6.45) is 0.801. The lowest BCUT2D eigenvalue weighted by Crippen LogP contribution is -2.26. The van der Waals surface area contributed by atoms with Crippen molar-refractivity contribution in [2.45, 2.75) is 20.3 Å². The molecule has 0 aliphatic carbocycles. The highest BCUT2D eigenvalue weighted by molar-refractivity contribution is 5.95.